The summed E-state index contributed by atoms with van der Waals surface area (Å²) < 4.78 is 0. The molecule has 0 saturated heterocycles. The van der Waals surface area contributed by atoms with Crippen molar-refractivity contribution in [3.8, 4) is 0 Å². The smallest absolute Gasteiger partial charge is 0.237 e. The van der Waals surface area contributed by atoms with Gasteiger partial charge in [0, 0.05) is 11.8 Å². The Balaban J connectivity index is 0.00000192. The second-order valence-electron chi connectivity index (χ2n) is 5.26. The number of nitrogens with zero attached hydrogens (tertiary/aromatic N) is 3. The van der Waals surface area contributed by atoms with Gasteiger partial charge in [-0.15, -0.1) is 17.5 Å². The SMILES string of the molecule is Cc1ccnc2c1/C(=N\N=C(N)NO)CC(c1ccsc1)C2.Cl. The van der Waals surface area contributed by atoms with Crippen LogP contribution in [0.15, 0.2) is 39.3 Å². The Hall–Kier alpha value is -1.96. The molecule has 1 unspecified atom stereocenters. The normalized spacial score (nSPS) is 19.1. The van der Waals surface area contributed by atoms with E-state index in [2.05, 4.69) is 32.0 Å². The minimum absolute atomic E-state index is 0. The lowest BCUT2D eigenvalue weighted by molar-refractivity contribution is 0.232. The molecule has 3 rings (SSSR count). The van der Waals surface area contributed by atoms with Crippen LogP contribution in [0.3, 0.4) is 0 Å². The first kappa shape index (κ1) is 17.4. The van der Waals surface area contributed by atoms with Gasteiger partial charge in [0.2, 0.25) is 5.96 Å². The van der Waals surface area contributed by atoms with Crippen molar-refractivity contribution in [3.63, 3.8) is 0 Å². The van der Waals surface area contributed by atoms with E-state index in [0.29, 0.717) is 5.92 Å². The monoisotopic (exact) mass is 351 g/mol. The van der Waals surface area contributed by atoms with Crippen molar-refractivity contribution >= 4 is 35.4 Å². The Morgan fingerprint density at radius 3 is 2.96 bits per heavy atom. The van der Waals surface area contributed by atoms with Gasteiger partial charge in [0.25, 0.3) is 0 Å². The first-order chi connectivity index (χ1) is 10.7. The number of halogens is 1. The third-order valence-electron chi connectivity index (χ3n) is 3.81. The molecule has 0 aliphatic heterocycles. The molecule has 2 heterocycles. The van der Waals surface area contributed by atoms with Gasteiger partial charge in [0.1, 0.15) is 0 Å². The van der Waals surface area contributed by atoms with E-state index in [1.54, 1.807) is 16.8 Å². The molecule has 2 aromatic heterocycles. The molecule has 0 amide bonds. The summed E-state index contributed by atoms with van der Waals surface area (Å²) in [6.07, 6.45) is 3.50. The molecular weight excluding hydrogens is 334 g/mol. The Kier molecular flexibility index (Phi) is 5.70. The quantitative estimate of drug-likeness (QED) is 0.440. The van der Waals surface area contributed by atoms with E-state index < -0.39 is 0 Å². The molecule has 0 radical (unpaired) electrons. The summed E-state index contributed by atoms with van der Waals surface area (Å²) in [5, 5.41) is 21.0. The average molecular weight is 352 g/mol. The fourth-order valence-corrected chi connectivity index (χ4v) is 3.52. The zero-order chi connectivity index (χ0) is 15.5. The van der Waals surface area contributed by atoms with Crippen molar-refractivity contribution in [1.29, 1.82) is 0 Å². The highest BCUT2D eigenvalue weighted by Crippen LogP contribution is 2.34. The van der Waals surface area contributed by atoms with Gasteiger partial charge in [-0.3, -0.25) is 10.2 Å². The highest BCUT2D eigenvalue weighted by Gasteiger charge is 2.27. The molecule has 0 spiro atoms. The molecule has 122 valence electrons. The number of fused-ring (bicyclic) bond motifs is 1. The fraction of sp³-hybridized carbons (Fsp3) is 0.267. The number of thiophene rings is 1. The fourth-order valence-electron chi connectivity index (χ4n) is 2.77. The van der Waals surface area contributed by atoms with Crippen LogP contribution in [-0.4, -0.2) is 21.9 Å². The highest BCUT2D eigenvalue weighted by atomic mass is 35.5. The number of rotatable bonds is 2. The topological polar surface area (TPSA) is 95.9 Å². The summed E-state index contributed by atoms with van der Waals surface area (Å²) in [5.74, 6) is 0.207. The van der Waals surface area contributed by atoms with Crippen molar-refractivity contribution in [2.24, 2.45) is 15.9 Å². The van der Waals surface area contributed by atoms with Crippen molar-refractivity contribution in [2.45, 2.75) is 25.7 Å². The van der Waals surface area contributed by atoms with Gasteiger partial charge in [-0.25, -0.2) is 5.48 Å². The van der Waals surface area contributed by atoms with Gasteiger partial charge >= 0.3 is 0 Å². The number of pyridine rings is 1. The van der Waals surface area contributed by atoms with Crippen LogP contribution >= 0.6 is 23.7 Å². The lowest BCUT2D eigenvalue weighted by atomic mass is 9.81. The van der Waals surface area contributed by atoms with Crippen LogP contribution < -0.4 is 11.2 Å². The van der Waals surface area contributed by atoms with Crippen molar-refractivity contribution in [3.05, 3.63) is 51.5 Å². The molecule has 6 nitrogen and oxygen atoms in total. The second-order valence-corrected chi connectivity index (χ2v) is 6.04. The van der Waals surface area contributed by atoms with Crippen molar-refractivity contribution in [1.82, 2.24) is 10.5 Å². The average Bonchev–Trinajstić information content (AvgIpc) is 3.06. The first-order valence-corrected chi connectivity index (χ1v) is 7.90. The molecule has 0 aromatic carbocycles. The molecule has 1 aliphatic rings. The third kappa shape index (κ3) is 3.69. The summed E-state index contributed by atoms with van der Waals surface area (Å²) in [5.41, 5.74) is 12.6. The largest absolute Gasteiger partial charge is 0.367 e. The molecule has 0 saturated carbocycles. The van der Waals surface area contributed by atoms with Crippen molar-refractivity contribution in [2.75, 3.05) is 0 Å². The molecule has 4 N–H and O–H groups in total. The van der Waals surface area contributed by atoms with Crippen LogP contribution in [-0.2, 0) is 6.42 Å². The van der Waals surface area contributed by atoms with Crippen LogP contribution in [0.2, 0.25) is 0 Å². The van der Waals surface area contributed by atoms with E-state index in [9.17, 15) is 0 Å². The minimum atomic E-state index is -0.131. The number of aryl methyl sites for hydroxylation is 1. The Morgan fingerprint density at radius 1 is 1.43 bits per heavy atom. The summed E-state index contributed by atoms with van der Waals surface area (Å²) in [6.45, 7) is 2.04. The Morgan fingerprint density at radius 2 is 2.26 bits per heavy atom. The van der Waals surface area contributed by atoms with E-state index in [1.165, 1.54) is 5.56 Å². The molecule has 23 heavy (non-hydrogen) atoms. The standard InChI is InChI=1S/C15H17N5OS.ClH/c1-9-2-4-17-12-6-11(10-3-5-22-8-10)7-13(14(9)12)18-19-15(16)20-21;/h2-5,8,11,21H,6-7H2,1H3,(H3,16,19,20);1H/b18-13-;. The van der Waals surface area contributed by atoms with Gasteiger partial charge in [-0.2, -0.15) is 16.4 Å². The van der Waals surface area contributed by atoms with Crippen LogP contribution in [0.5, 0.6) is 0 Å². The van der Waals surface area contributed by atoms with Gasteiger partial charge in [0.15, 0.2) is 0 Å². The number of hydroxylamine groups is 1. The molecule has 1 aliphatic carbocycles. The van der Waals surface area contributed by atoms with E-state index in [4.69, 9.17) is 10.9 Å². The lowest BCUT2D eigenvalue weighted by Crippen LogP contribution is -2.28. The molecular formula is C15H18ClN5OS. The van der Waals surface area contributed by atoms with Crippen LogP contribution in [0, 0.1) is 6.92 Å². The Labute approximate surface area is 144 Å². The van der Waals surface area contributed by atoms with E-state index in [-0.39, 0.29) is 18.4 Å². The van der Waals surface area contributed by atoms with Gasteiger partial charge in [-0.1, -0.05) is 0 Å². The second kappa shape index (κ2) is 7.54. The number of hydrogen-bond acceptors (Lipinski definition) is 5. The molecule has 1 atom stereocenters. The zero-order valence-corrected chi connectivity index (χ0v) is 14.2. The molecule has 0 bridgehead atoms. The predicted molar refractivity (Wildman–Crippen MR) is 94.7 cm³/mol. The van der Waals surface area contributed by atoms with E-state index >= 15 is 0 Å². The predicted octanol–water partition coefficient (Wildman–Crippen LogP) is 2.60. The number of guanidine groups is 1. The first-order valence-electron chi connectivity index (χ1n) is 6.96. The molecule has 8 heteroatoms. The van der Waals surface area contributed by atoms with Crippen LogP contribution in [0.1, 0.15) is 34.7 Å². The summed E-state index contributed by atoms with van der Waals surface area (Å²) in [7, 11) is 0. The third-order valence-corrected chi connectivity index (χ3v) is 4.51. The number of nitrogens with one attached hydrogen (secondary N) is 1. The van der Waals surface area contributed by atoms with Gasteiger partial charge < -0.3 is 5.73 Å². The van der Waals surface area contributed by atoms with Crippen LogP contribution in [0.4, 0.5) is 0 Å². The van der Waals surface area contributed by atoms with Crippen molar-refractivity contribution < 1.29 is 5.21 Å². The van der Waals surface area contributed by atoms with E-state index in [1.807, 2.05) is 19.2 Å². The van der Waals surface area contributed by atoms with Gasteiger partial charge in [0.05, 0.1) is 11.4 Å². The summed E-state index contributed by atoms with van der Waals surface area (Å²) >= 11 is 1.69. The maximum Gasteiger partial charge on any atom is 0.237 e. The highest BCUT2D eigenvalue weighted by molar-refractivity contribution is 7.08. The molecule has 2 aromatic rings. The maximum absolute atomic E-state index is 8.73. The van der Waals surface area contributed by atoms with E-state index in [0.717, 1.165) is 35.4 Å². The number of nitrogens with two attached hydrogens (primary N) is 1. The summed E-state index contributed by atoms with van der Waals surface area (Å²) in [6, 6.07) is 4.11. The Bertz CT molecular complexity index is 729. The lowest BCUT2D eigenvalue weighted by Gasteiger charge is -2.25. The maximum atomic E-state index is 8.73. The molecule has 0 fully saturated rings. The number of hydrogen-bond donors (Lipinski definition) is 3. The van der Waals surface area contributed by atoms with Crippen LogP contribution in [0.25, 0.3) is 0 Å². The number of aromatic nitrogens is 1. The minimum Gasteiger partial charge on any atom is -0.367 e. The summed E-state index contributed by atoms with van der Waals surface area (Å²) in [4.78, 5) is 4.52. The zero-order valence-electron chi connectivity index (χ0n) is 12.6. The van der Waals surface area contributed by atoms with Gasteiger partial charge in [-0.05, 0) is 59.7 Å².